The first-order valence-electron chi connectivity index (χ1n) is 5.30. The molecule has 3 N–H and O–H groups in total. The average Bonchev–Trinajstić information content (AvgIpc) is 2.63. The van der Waals surface area contributed by atoms with Crippen molar-refractivity contribution in [3.8, 4) is 0 Å². The van der Waals surface area contributed by atoms with E-state index in [0.29, 0.717) is 15.8 Å². The standard InChI is InChI=1S/C12H7N3O4/c13-15-10-8(9(16)11(15)17)7-2-1-5(12(18)19)3-6(7)4-14-10/h1-4H,13H2,(H,18,19). The van der Waals surface area contributed by atoms with Crippen LogP contribution in [0.2, 0.25) is 0 Å². The number of amides is 1. The van der Waals surface area contributed by atoms with E-state index < -0.39 is 17.7 Å². The maximum absolute atomic E-state index is 11.8. The van der Waals surface area contributed by atoms with Crippen LogP contribution in [0.5, 0.6) is 0 Å². The van der Waals surface area contributed by atoms with Gasteiger partial charge in [0, 0.05) is 11.6 Å². The summed E-state index contributed by atoms with van der Waals surface area (Å²) in [6, 6.07) is 4.23. The minimum atomic E-state index is -1.08. The van der Waals surface area contributed by atoms with Crippen molar-refractivity contribution < 1.29 is 19.5 Å². The Hall–Kier alpha value is -2.80. The number of carboxylic acids is 1. The smallest absolute Gasteiger partial charge is 0.335 e. The minimum Gasteiger partial charge on any atom is -0.478 e. The highest BCUT2D eigenvalue weighted by Gasteiger charge is 2.37. The lowest BCUT2D eigenvalue weighted by Crippen LogP contribution is -2.36. The molecular formula is C12H7N3O4. The second kappa shape index (κ2) is 3.59. The van der Waals surface area contributed by atoms with E-state index >= 15 is 0 Å². The Bertz CT molecular complexity index is 769. The monoisotopic (exact) mass is 257 g/mol. The topological polar surface area (TPSA) is 114 Å². The molecule has 1 aromatic carbocycles. The zero-order valence-corrected chi connectivity index (χ0v) is 9.45. The van der Waals surface area contributed by atoms with Crippen molar-refractivity contribution in [3.63, 3.8) is 0 Å². The summed E-state index contributed by atoms with van der Waals surface area (Å²) in [7, 11) is 0. The predicted octanol–water partition coefficient (Wildman–Crippen LogP) is 0.336. The number of ketones is 1. The molecule has 0 unspecified atom stereocenters. The Morgan fingerprint density at radius 2 is 2.05 bits per heavy atom. The molecule has 1 aromatic heterocycles. The van der Waals surface area contributed by atoms with Crippen LogP contribution in [-0.2, 0) is 4.79 Å². The minimum absolute atomic E-state index is 0.0793. The van der Waals surface area contributed by atoms with Gasteiger partial charge in [0.1, 0.15) is 0 Å². The molecule has 0 spiro atoms. The summed E-state index contributed by atoms with van der Waals surface area (Å²) in [5.41, 5.74) is 0.192. The molecule has 94 valence electrons. The Kier molecular flexibility index (Phi) is 2.14. The molecule has 0 aliphatic carbocycles. The van der Waals surface area contributed by atoms with Crippen molar-refractivity contribution >= 4 is 34.3 Å². The van der Waals surface area contributed by atoms with E-state index in [0.717, 1.165) is 0 Å². The van der Waals surface area contributed by atoms with Gasteiger partial charge in [-0.05, 0) is 17.5 Å². The number of carbonyl (C=O) groups excluding carboxylic acids is 2. The molecule has 0 radical (unpaired) electrons. The normalized spacial score (nSPS) is 14.1. The Labute approximate surface area is 106 Å². The number of benzene rings is 1. The highest BCUT2D eigenvalue weighted by atomic mass is 16.4. The van der Waals surface area contributed by atoms with Crippen LogP contribution >= 0.6 is 0 Å². The maximum Gasteiger partial charge on any atom is 0.335 e. The van der Waals surface area contributed by atoms with Crippen molar-refractivity contribution in [1.82, 2.24) is 4.98 Å². The summed E-state index contributed by atoms with van der Waals surface area (Å²) in [5.74, 6) is 2.88. The third-order valence-electron chi connectivity index (χ3n) is 2.99. The molecule has 7 nitrogen and oxygen atoms in total. The number of pyridine rings is 1. The Balaban J connectivity index is 2.34. The van der Waals surface area contributed by atoms with Crippen LogP contribution in [0.1, 0.15) is 20.7 Å². The molecule has 0 saturated carbocycles. The zero-order chi connectivity index (χ0) is 13.7. The number of hydrazine groups is 1. The molecule has 1 amide bonds. The molecule has 0 atom stereocenters. The summed E-state index contributed by atoms with van der Waals surface area (Å²) >= 11 is 0. The van der Waals surface area contributed by atoms with Crippen LogP contribution in [0.15, 0.2) is 24.4 Å². The molecule has 1 aliphatic rings. The van der Waals surface area contributed by atoms with Gasteiger partial charge in [0.25, 0.3) is 5.78 Å². The van der Waals surface area contributed by atoms with E-state index in [1.807, 2.05) is 0 Å². The first-order chi connectivity index (χ1) is 9.00. The first kappa shape index (κ1) is 11.3. The van der Waals surface area contributed by atoms with E-state index in [1.54, 1.807) is 0 Å². The zero-order valence-electron chi connectivity index (χ0n) is 9.45. The Morgan fingerprint density at radius 3 is 2.74 bits per heavy atom. The lowest BCUT2D eigenvalue weighted by Gasteiger charge is -2.07. The number of nitrogens with zero attached hydrogens (tertiary/aromatic N) is 2. The summed E-state index contributed by atoms with van der Waals surface area (Å²) in [5, 5.41) is 10.5. The number of hydrogen-bond donors (Lipinski definition) is 2. The van der Waals surface area contributed by atoms with Crippen LogP contribution < -0.4 is 10.9 Å². The van der Waals surface area contributed by atoms with Gasteiger partial charge in [-0.25, -0.2) is 20.6 Å². The van der Waals surface area contributed by atoms with E-state index in [-0.39, 0.29) is 16.9 Å². The fraction of sp³-hybridized carbons (Fsp3) is 0. The van der Waals surface area contributed by atoms with Crippen molar-refractivity contribution in [2.75, 3.05) is 5.01 Å². The highest BCUT2D eigenvalue weighted by Crippen LogP contribution is 2.31. The Morgan fingerprint density at radius 1 is 1.32 bits per heavy atom. The van der Waals surface area contributed by atoms with Gasteiger partial charge < -0.3 is 5.11 Å². The summed E-state index contributed by atoms with van der Waals surface area (Å²) in [4.78, 5) is 38.1. The summed E-state index contributed by atoms with van der Waals surface area (Å²) in [6.45, 7) is 0. The lowest BCUT2D eigenvalue weighted by atomic mass is 10.0. The van der Waals surface area contributed by atoms with Crippen molar-refractivity contribution in [3.05, 3.63) is 35.5 Å². The van der Waals surface area contributed by atoms with Crippen LogP contribution in [0.25, 0.3) is 10.8 Å². The number of nitrogens with two attached hydrogens (primary N) is 1. The number of aromatic nitrogens is 1. The van der Waals surface area contributed by atoms with Gasteiger partial charge in [0.2, 0.25) is 0 Å². The van der Waals surface area contributed by atoms with Gasteiger partial charge in [-0.1, -0.05) is 6.07 Å². The molecule has 3 rings (SSSR count). The van der Waals surface area contributed by atoms with Gasteiger partial charge in [0.15, 0.2) is 5.82 Å². The predicted molar refractivity (Wildman–Crippen MR) is 64.7 cm³/mol. The van der Waals surface area contributed by atoms with Crippen molar-refractivity contribution in [2.24, 2.45) is 5.84 Å². The summed E-state index contributed by atoms with van der Waals surface area (Å²) < 4.78 is 0. The number of carbonyl (C=O) groups is 3. The SMILES string of the molecule is NN1C(=O)C(=O)c2c1ncc1cc(C(=O)O)ccc21. The number of aromatic carboxylic acids is 1. The van der Waals surface area contributed by atoms with Gasteiger partial charge >= 0.3 is 11.9 Å². The quantitative estimate of drug-likeness (QED) is 0.432. The average molecular weight is 257 g/mol. The molecule has 0 bridgehead atoms. The van der Waals surface area contributed by atoms with Crippen LogP contribution in [0.3, 0.4) is 0 Å². The van der Waals surface area contributed by atoms with Crippen LogP contribution in [-0.4, -0.2) is 27.8 Å². The molecule has 19 heavy (non-hydrogen) atoms. The van der Waals surface area contributed by atoms with E-state index in [9.17, 15) is 14.4 Å². The number of carboxylic acid groups (broad SMARTS) is 1. The summed E-state index contributed by atoms with van der Waals surface area (Å²) in [6.07, 6.45) is 1.38. The van der Waals surface area contributed by atoms with E-state index in [1.165, 1.54) is 24.4 Å². The van der Waals surface area contributed by atoms with Crippen molar-refractivity contribution in [2.45, 2.75) is 0 Å². The lowest BCUT2D eigenvalue weighted by molar-refractivity contribution is -0.114. The molecule has 7 heteroatoms. The van der Waals surface area contributed by atoms with Gasteiger partial charge in [0.05, 0.1) is 11.1 Å². The number of rotatable bonds is 1. The van der Waals surface area contributed by atoms with Gasteiger partial charge in [-0.15, -0.1) is 0 Å². The molecule has 0 saturated heterocycles. The van der Waals surface area contributed by atoms with Gasteiger partial charge in [-0.3, -0.25) is 9.59 Å². The molecular weight excluding hydrogens is 250 g/mol. The molecule has 1 aliphatic heterocycles. The maximum atomic E-state index is 11.8. The second-order valence-corrected chi connectivity index (χ2v) is 4.07. The fourth-order valence-corrected chi connectivity index (χ4v) is 2.06. The first-order valence-corrected chi connectivity index (χ1v) is 5.30. The molecule has 2 heterocycles. The number of Topliss-reactive ketones (excluding diaryl/α,β-unsaturated/α-hetero) is 1. The third-order valence-corrected chi connectivity index (χ3v) is 2.99. The second-order valence-electron chi connectivity index (χ2n) is 4.07. The third kappa shape index (κ3) is 1.42. The van der Waals surface area contributed by atoms with Crippen LogP contribution in [0, 0.1) is 0 Å². The number of hydrogen-bond acceptors (Lipinski definition) is 5. The highest BCUT2D eigenvalue weighted by molar-refractivity contribution is 6.53. The van der Waals surface area contributed by atoms with Crippen LogP contribution in [0.4, 0.5) is 5.82 Å². The van der Waals surface area contributed by atoms with E-state index in [2.05, 4.69) is 4.98 Å². The van der Waals surface area contributed by atoms with Gasteiger partial charge in [-0.2, -0.15) is 0 Å². The number of anilines is 1. The largest absolute Gasteiger partial charge is 0.478 e. The number of fused-ring (bicyclic) bond motifs is 3. The molecule has 0 fully saturated rings. The molecule has 2 aromatic rings. The fourth-order valence-electron chi connectivity index (χ4n) is 2.06. The van der Waals surface area contributed by atoms with Crippen molar-refractivity contribution in [1.29, 1.82) is 0 Å². The van der Waals surface area contributed by atoms with E-state index in [4.69, 9.17) is 10.9 Å².